The van der Waals surface area contributed by atoms with Crippen LogP contribution in [0.5, 0.6) is 0 Å². The lowest BCUT2D eigenvalue weighted by Crippen LogP contribution is -2.16. The van der Waals surface area contributed by atoms with E-state index in [1.54, 1.807) is 30.3 Å². The van der Waals surface area contributed by atoms with Crippen LogP contribution in [0.4, 0.5) is 5.69 Å². The first kappa shape index (κ1) is 24.9. The molecule has 3 rings (SSSR count). The van der Waals surface area contributed by atoms with Gasteiger partial charge in [0, 0.05) is 23.2 Å². The number of Topliss-reactive ketones (excluding diaryl/α,β-unsaturated/α-hetero) is 1. The van der Waals surface area contributed by atoms with Gasteiger partial charge in [0.25, 0.3) is 0 Å². The number of ether oxygens (including phenoxy) is 1. The summed E-state index contributed by atoms with van der Waals surface area (Å²) in [4.78, 5) is 36.8. The molecule has 0 aliphatic carbocycles. The Morgan fingerprint density at radius 3 is 2.29 bits per heavy atom. The van der Waals surface area contributed by atoms with E-state index in [2.05, 4.69) is 5.32 Å². The van der Waals surface area contributed by atoms with E-state index in [4.69, 9.17) is 9.15 Å². The lowest BCUT2D eigenvalue weighted by molar-refractivity contribution is -0.116. The maximum absolute atomic E-state index is 12.6. The molecule has 0 aliphatic heterocycles. The number of nitrogens with one attached hydrogen (secondary N) is 1. The van der Waals surface area contributed by atoms with Crippen molar-refractivity contribution in [1.82, 2.24) is 0 Å². The van der Waals surface area contributed by atoms with Crippen LogP contribution in [0.2, 0.25) is 0 Å². The summed E-state index contributed by atoms with van der Waals surface area (Å²) in [6, 6.07) is 15.4. The topological polar surface area (TPSA) is 120 Å². The van der Waals surface area contributed by atoms with Crippen LogP contribution >= 0.6 is 0 Å². The second-order valence-electron chi connectivity index (χ2n) is 8.07. The number of ketones is 1. The lowest BCUT2D eigenvalue weighted by Gasteiger charge is -2.08. The van der Waals surface area contributed by atoms with Crippen LogP contribution in [0.25, 0.3) is 0 Å². The van der Waals surface area contributed by atoms with E-state index in [0.717, 1.165) is 0 Å². The molecule has 0 bridgehead atoms. The van der Waals surface area contributed by atoms with Crippen LogP contribution < -0.4 is 5.32 Å². The quantitative estimate of drug-likeness (QED) is 0.338. The van der Waals surface area contributed by atoms with Crippen LogP contribution in [0.1, 0.15) is 46.7 Å². The highest BCUT2D eigenvalue weighted by Gasteiger charge is 2.24. The van der Waals surface area contributed by atoms with Gasteiger partial charge in [0.15, 0.2) is 22.2 Å². The molecule has 1 amide bonds. The number of hydrogen-bond acceptors (Lipinski definition) is 7. The van der Waals surface area contributed by atoms with Gasteiger partial charge in [0.05, 0.1) is 16.9 Å². The Morgan fingerprint density at radius 1 is 0.971 bits per heavy atom. The first-order valence-corrected chi connectivity index (χ1v) is 12.3. The second kappa shape index (κ2) is 10.9. The van der Waals surface area contributed by atoms with E-state index in [1.807, 2.05) is 13.8 Å². The molecule has 3 aromatic rings. The summed E-state index contributed by atoms with van der Waals surface area (Å²) in [6.45, 7) is 3.33. The van der Waals surface area contributed by atoms with Gasteiger partial charge in [-0.1, -0.05) is 32.0 Å². The zero-order valence-electron chi connectivity index (χ0n) is 18.8. The minimum absolute atomic E-state index is 0.119. The Kier molecular flexibility index (Phi) is 8.01. The molecular formula is C25H25NO7S. The van der Waals surface area contributed by atoms with Crippen molar-refractivity contribution in [2.45, 2.75) is 30.9 Å². The molecule has 34 heavy (non-hydrogen) atoms. The van der Waals surface area contributed by atoms with Crippen LogP contribution in [0.15, 0.2) is 76.2 Å². The van der Waals surface area contributed by atoms with Crippen molar-refractivity contribution in [3.63, 3.8) is 0 Å². The smallest absolute Gasteiger partial charge is 0.374 e. The summed E-state index contributed by atoms with van der Waals surface area (Å²) in [5.74, 6) is -2.01. The van der Waals surface area contributed by atoms with Gasteiger partial charge in [0.1, 0.15) is 0 Å². The number of rotatable bonds is 10. The molecule has 0 unspecified atom stereocenters. The average Bonchev–Trinajstić information content (AvgIpc) is 3.25. The SMILES string of the molecule is CC(C)CC(=O)Nc1ccc(C(=O)COC(=O)c2occc2CS(=O)(=O)c2ccccc2)cc1. The zero-order valence-corrected chi connectivity index (χ0v) is 19.6. The van der Waals surface area contributed by atoms with E-state index >= 15 is 0 Å². The van der Waals surface area contributed by atoms with Crippen LogP contribution in [0, 0.1) is 5.92 Å². The Labute approximate surface area is 197 Å². The van der Waals surface area contributed by atoms with Gasteiger partial charge in [-0.15, -0.1) is 0 Å². The number of anilines is 1. The number of hydrogen-bond donors (Lipinski definition) is 1. The highest BCUT2D eigenvalue weighted by Crippen LogP contribution is 2.21. The molecule has 1 heterocycles. The minimum Gasteiger partial charge on any atom is -0.457 e. The number of carbonyl (C=O) groups excluding carboxylic acids is 3. The Bertz CT molecular complexity index is 1260. The molecular weight excluding hydrogens is 458 g/mol. The molecule has 0 atom stereocenters. The van der Waals surface area contributed by atoms with Crippen LogP contribution in [-0.4, -0.2) is 32.7 Å². The molecule has 0 saturated heterocycles. The van der Waals surface area contributed by atoms with Crippen molar-refractivity contribution in [3.8, 4) is 0 Å². The molecule has 1 aromatic heterocycles. The van der Waals surface area contributed by atoms with Crippen molar-refractivity contribution < 1.29 is 32.0 Å². The van der Waals surface area contributed by atoms with E-state index in [-0.39, 0.29) is 28.0 Å². The molecule has 2 aromatic carbocycles. The summed E-state index contributed by atoms with van der Waals surface area (Å²) >= 11 is 0. The first-order valence-electron chi connectivity index (χ1n) is 10.6. The molecule has 1 N–H and O–H groups in total. The molecule has 0 spiro atoms. The number of esters is 1. The van der Waals surface area contributed by atoms with Crippen molar-refractivity contribution in [3.05, 3.63) is 83.8 Å². The van der Waals surface area contributed by atoms with Crippen LogP contribution in [-0.2, 0) is 25.1 Å². The van der Waals surface area contributed by atoms with E-state index < -0.39 is 33.9 Å². The maximum atomic E-state index is 12.6. The fourth-order valence-electron chi connectivity index (χ4n) is 3.15. The molecule has 8 nitrogen and oxygen atoms in total. The normalized spacial score (nSPS) is 11.3. The minimum atomic E-state index is -3.70. The van der Waals surface area contributed by atoms with Gasteiger partial charge in [-0.2, -0.15) is 0 Å². The predicted octanol–water partition coefficient (Wildman–Crippen LogP) is 4.28. The maximum Gasteiger partial charge on any atom is 0.374 e. The molecule has 0 saturated carbocycles. The van der Waals surface area contributed by atoms with E-state index in [1.165, 1.54) is 36.6 Å². The molecule has 0 fully saturated rings. The van der Waals surface area contributed by atoms with E-state index in [9.17, 15) is 22.8 Å². The Hall–Kier alpha value is -3.72. The molecule has 0 aliphatic rings. The third-order valence-corrected chi connectivity index (χ3v) is 6.48. The summed E-state index contributed by atoms with van der Waals surface area (Å²) < 4.78 is 35.4. The number of sulfone groups is 1. The summed E-state index contributed by atoms with van der Waals surface area (Å²) in [7, 11) is -3.70. The third kappa shape index (κ3) is 6.64. The van der Waals surface area contributed by atoms with Gasteiger partial charge in [-0.25, -0.2) is 13.2 Å². The van der Waals surface area contributed by atoms with Gasteiger partial charge in [0.2, 0.25) is 11.7 Å². The van der Waals surface area contributed by atoms with Crippen molar-refractivity contribution in [1.29, 1.82) is 0 Å². The van der Waals surface area contributed by atoms with Crippen molar-refractivity contribution in [2.24, 2.45) is 5.92 Å². The fourth-order valence-corrected chi connectivity index (χ4v) is 4.52. The van der Waals surface area contributed by atoms with Gasteiger partial charge in [-0.05, 0) is 48.4 Å². The van der Waals surface area contributed by atoms with Gasteiger partial charge < -0.3 is 14.5 Å². The zero-order chi connectivity index (χ0) is 24.7. The highest BCUT2D eigenvalue weighted by molar-refractivity contribution is 7.90. The summed E-state index contributed by atoms with van der Waals surface area (Å²) in [5.41, 5.74) is 0.989. The molecule has 9 heteroatoms. The number of amides is 1. The van der Waals surface area contributed by atoms with Crippen LogP contribution in [0.3, 0.4) is 0 Å². The first-order chi connectivity index (χ1) is 16.2. The van der Waals surface area contributed by atoms with Crippen molar-refractivity contribution >= 4 is 33.2 Å². The highest BCUT2D eigenvalue weighted by atomic mass is 32.2. The number of furan rings is 1. The second-order valence-corrected chi connectivity index (χ2v) is 10.1. The van der Waals surface area contributed by atoms with Crippen molar-refractivity contribution in [2.75, 3.05) is 11.9 Å². The number of benzene rings is 2. The monoisotopic (exact) mass is 483 g/mol. The number of carbonyl (C=O) groups is 3. The van der Waals surface area contributed by atoms with Gasteiger partial charge in [-0.3, -0.25) is 9.59 Å². The summed E-state index contributed by atoms with van der Waals surface area (Å²) in [6.07, 6.45) is 1.58. The Morgan fingerprint density at radius 2 is 1.65 bits per heavy atom. The Balaban J connectivity index is 1.59. The van der Waals surface area contributed by atoms with E-state index in [0.29, 0.717) is 17.7 Å². The van der Waals surface area contributed by atoms with Gasteiger partial charge >= 0.3 is 5.97 Å². The standard InChI is InChI=1S/C25H25NO7S/c1-17(2)14-23(28)26-20-10-8-18(9-11-20)22(27)15-33-25(29)24-19(12-13-32-24)16-34(30,31)21-6-4-3-5-7-21/h3-13,17H,14-16H2,1-2H3,(H,26,28). The molecule has 178 valence electrons. The lowest BCUT2D eigenvalue weighted by atomic mass is 10.1. The largest absolute Gasteiger partial charge is 0.457 e. The summed E-state index contributed by atoms with van der Waals surface area (Å²) in [5, 5.41) is 2.75. The fraction of sp³-hybridized carbons (Fsp3) is 0.240. The average molecular weight is 484 g/mol. The molecule has 0 radical (unpaired) electrons. The predicted molar refractivity (Wildman–Crippen MR) is 125 cm³/mol. The third-order valence-electron chi connectivity index (χ3n) is 4.80.